The minimum Gasteiger partial charge on any atom is -0.458 e. The van der Waals surface area contributed by atoms with Crippen LogP contribution in [0.3, 0.4) is 0 Å². The third kappa shape index (κ3) is 6.81. The van der Waals surface area contributed by atoms with E-state index in [1.54, 1.807) is 18.2 Å². The van der Waals surface area contributed by atoms with Gasteiger partial charge in [0.2, 0.25) is 0 Å². The number of esters is 1. The predicted octanol–water partition coefficient (Wildman–Crippen LogP) is 1.69. The molecule has 2 heterocycles. The van der Waals surface area contributed by atoms with E-state index in [1.807, 2.05) is 4.98 Å². The highest BCUT2D eigenvalue weighted by atomic mass is 31.1. The summed E-state index contributed by atoms with van der Waals surface area (Å²) < 4.78 is 69.2. The summed E-state index contributed by atoms with van der Waals surface area (Å²) >= 11 is 0. The minimum atomic E-state index is -2.99. The average molecular weight is 550 g/mol. The van der Waals surface area contributed by atoms with Crippen LogP contribution in [0.25, 0.3) is 0 Å². The SMILES string of the molecule is C[C@@H](C(=O)OCC(F)F)N(OC[C@H]1O[C@@H](n2ccc(=O)[nH]c2=O)[C@](C)(F)[C@@H]1O)[P+](=O)Oc1ccccc1. The molecule has 2 aromatic rings. The van der Waals surface area contributed by atoms with Crippen molar-refractivity contribution in [2.75, 3.05) is 13.2 Å². The Balaban J connectivity index is 1.78. The van der Waals surface area contributed by atoms with Gasteiger partial charge in [-0.05, 0) is 26.0 Å². The van der Waals surface area contributed by atoms with Crippen molar-refractivity contribution in [3.8, 4) is 5.75 Å². The van der Waals surface area contributed by atoms with Crippen LogP contribution in [0, 0.1) is 0 Å². The molecule has 37 heavy (non-hydrogen) atoms. The number of hydrogen-bond donors (Lipinski definition) is 2. The highest BCUT2D eigenvalue weighted by molar-refractivity contribution is 7.36. The van der Waals surface area contributed by atoms with Gasteiger partial charge in [0.25, 0.3) is 12.0 Å². The number of ether oxygens (including phenoxy) is 2. The zero-order valence-corrected chi connectivity index (χ0v) is 20.4. The molecule has 1 aliphatic heterocycles. The van der Waals surface area contributed by atoms with Crippen LogP contribution in [0.15, 0.2) is 52.2 Å². The minimum absolute atomic E-state index is 0.122. The fraction of sp³-hybridized carbons (Fsp3) is 0.476. The first kappa shape index (κ1) is 28.5. The van der Waals surface area contributed by atoms with E-state index < -0.39 is 75.2 Å². The molecule has 1 aromatic heterocycles. The molecule has 0 aliphatic carbocycles. The fourth-order valence-electron chi connectivity index (χ4n) is 3.38. The van der Waals surface area contributed by atoms with Gasteiger partial charge in [-0.1, -0.05) is 18.2 Å². The first-order chi connectivity index (χ1) is 17.4. The lowest BCUT2D eigenvalue weighted by Crippen LogP contribution is -2.44. The molecule has 6 atom stereocenters. The van der Waals surface area contributed by atoms with E-state index >= 15 is 4.39 Å². The zero-order chi connectivity index (χ0) is 27.3. The van der Waals surface area contributed by atoms with E-state index in [0.717, 1.165) is 30.7 Å². The number of aromatic amines is 1. The molecule has 1 saturated heterocycles. The number of aliphatic hydroxyl groups is 1. The average Bonchev–Trinajstić information content (AvgIpc) is 3.06. The second-order valence-electron chi connectivity index (χ2n) is 8.08. The zero-order valence-electron chi connectivity index (χ0n) is 19.5. The van der Waals surface area contributed by atoms with Gasteiger partial charge in [-0.25, -0.2) is 22.5 Å². The largest absolute Gasteiger partial charge is 0.693 e. The van der Waals surface area contributed by atoms with Crippen LogP contribution in [0.5, 0.6) is 5.75 Å². The van der Waals surface area contributed by atoms with Gasteiger partial charge >= 0.3 is 19.8 Å². The normalized spacial score (nSPS) is 24.8. The van der Waals surface area contributed by atoms with Gasteiger partial charge < -0.3 is 14.6 Å². The van der Waals surface area contributed by atoms with Crippen molar-refractivity contribution in [3.05, 3.63) is 63.4 Å². The van der Waals surface area contributed by atoms with Crippen molar-refractivity contribution in [1.29, 1.82) is 0 Å². The summed E-state index contributed by atoms with van der Waals surface area (Å²) in [6, 6.07) is 7.14. The van der Waals surface area contributed by atoms with E-state index in [-0.39, 0.29) is 5.75 Å². The topological polar surface area (TPSA) is 149 Å². The van der Waals surface area contributed by atoms with Crippen molar-refractivity contribution < 1.29 is 46.5 Å². The van der Waals surface area contributed by atoms with E-state index in [2.05, 4.69) is 4.74 Å². The van der Waals surface area contributed by atoms with E-state index in [9.17, 15) is 32.8 Å². The highest BCUT2D eigenvalue weighted by Gasteiger charge is 2.56. The number of carbonyl (C=O) groups excluding carboxylic acids is 1. The molecule has 1 fully saturated rings. The van der Waals surface area contributed by atoms with Crippen LogP contribution in [-0.2, 0) is 23.7 Å². The Labute approximate surface area is 208 Å². The van der Waals surface area contributed by atoms with Gasteiger partial charge in [-0.3, -0.25) is 24.0 Å². The van der Waals surface area contributed by atoms with E-state index in [0.29, 0.717) is 4.83 Å². The third-order valence-electron chi connectivity index (χ3n) is 5.30. The molecule has 1 aliphatic rings. The molecule has 202 valence electrons. The van der Waals surface area contributed by atoms with Crippen LogP contribution >= 0.6 is 8.18 Å². The molecular weight excluding hydrogens is 526 g/mol. The molecule has 12 nitrogen and oxygen atoms in total. The maximum absolute atomic E-state index is 15.4. The Morgan fingerprint density at radius 2 is 1.97 bits per heavy atom. The molecule has 16 heteroatoms. The number of para-hydroxylation sites is 1. The molecule has 0 spiro atoms. The lowest BCUT2D eigenvalue weighted by Gasteiger charge is -2.24. The first-order valence-corrected chi connectivity index (χ1v) is 12.0. The Bertz CT molecular complexity index is 1210. The Morgan fingerprint density at radius 3 is 2.59 bits per heavy atom. The van der Waals surface area contributed by atoms with Crippen molar-refractivity contribution in [2.24, 2.45) is 0 Å². The summed E-state index contributed by atoms with van der Waals surface area (Å²) in [7, 11) is -2.99. The lowest BCUT2D eigenvalue weighted by molar-refractivity contribution is -0.183. The maximum Gasteiger partial charge on any atom is 0.693 e. The Kier molecular flexibility index (Phi) is 9.21. The lowest BCUT2D eigenvalue weighted by atomic mass is 9.98. The van der Waals surface area contributed by atoms with E-state index in [1.165, 1.54) is 12.1 Å². The third-order valence-corrected chi connectivity index (χ3v) is 6.45. The van der Waals surface area contributed by atoms with Crippen LogP contribution in [0.1, 0.15) is 20.1 Å². The number of benzene rings is 1. The monoisotopic (exact) mass is 550 g/mol. The van der Waals surface area contributed by atoms with Gasteiger partial charge in [0, 0.05) is 16.8 Å². The van der Waals surface area contributed by atoms with Gasteiger partial charge in [0.15, 0.2) is 30.3 Å². The number of nitrogens with one attached hydrogen (secondary N) is 1. The maximum atomic E-state index is 15.4. The van der Waals surface area contributed by atoms with Crippen LogP contribution in [-0.4, -0.2) is 69.0 Å². The van der Waals surface area contributed by atoms with Crippen LogP contribution in [0.4, 0.5) is 13.2 Å². The standard InChI is InChI=1S/C21H23F3N3O9P/c1-12(18(30)33-11-15(22)23)27(37(32)36-13-6-4-3-5-7-13)34-10-14-17(29)21(2,24)19(35-14)26-9-8-16(28)25-20(26)31/h3-9,12,14-15,17,19,29H,10-11H2,1-2H3/p+1/t12-,14+,17+,19+,21+/m0/s1. The number of carbonyl (C=O) groups is 1. The molecule has 0 saturated carbocycles. The second-order valence-corrected chi connectivity index (χ2v) is 9.13. The van der Waals surface area contributed by atoms with Crippen molar-refractivity contribution in [1.82, 2.24) is 14.4 Å². The Hall–Kier alpha value is -3.10. The molecule has 3 rings (SSSR count). The number of aliphatic hydroxyl groups excluding tert-OH is 1. The number of H-pyrrole nitrogens is 1. The number of aromatic nitrogens is 2. The van der Waals surface area contributed by atoms with Crippen molar-refractivity contribution in [3.63, 3.8) is 0 Å². The summed E-state index contributed by atoms with van der Waals surface area (Å²) in [5.74, 6) is -1.10. The predicted molar refractivity (Wildman–Crippen MR) is 120 cm³/mol. The van der Waals surface area contributed by atoms with Gasteiger partial charge in [0.05, 0.1) is 4.83 Å². The number of hydrogen-bond acceptors (Lipinski definition) is 9. The van der Waals surface area contributed by atoms with Gasteiger partial charge in [-0.2, -0.15) is 0 Å². The summed E-state index contributed by atoms with van der Waals surface area (Å²) in [5, 5.41) is 10.5. The smallest absolute Gasteiger partial charge is 0.458 e. The van der Waals surface area contributed by atoms with Gasteiger partial charge in [0.1, 0.15) is 18.8 Å². The van der Waals surface area contributed by atoms with Crippen molar-refractivity contribution in [2.45, 2.75) is 50.4 Å². The quantitative estimate of drug-likeness (QED) is 0.240. The summed E-state index contributed by atoms with van der Waals surface area (Å²) in [6.07, 6.45) is -7.00. The molecule has 0 bridgehead atoms. The number of hydroxylamine groups is 1. The highest BCUT2D eigenvalue weighted by Crippen LogP contribution is 2.41. The molecule has 0 amide bonds. The molecule has 1 unspecified atom stereocenters. The molecule has 2 N–H and O–H groups in total. The summed E-state index contributed by atoms with van der Waals surface area (Å²) in [5.41, 5.74) is -4.27. The van der Waals surface area contributed by atoms with Crippen LogP contribution < -0.4 is 15.8 Å². The van der Waals surface area contributed by atoms with E-state index in [4.69, 9.17) is 14.1 Å². The first-order valence-electron chi connectivity index (χ1n) is 10.8. The number of nitrogens with zero attached hydrogens (tertiary/aromatic N) is 2. The molecule has 1 aromatic carbocycles. The molecular formula is C21H24F3N3O9P+. The second kappa shape index (κ2) is 12.0. The number of alkyl halides is 3. The van der Waals surface area contributed by atoms with Crippen LogP contribution in [0.2, 0.25) is 0 Å². The number of halogens is 3. The molecule has 0 radical (unpaired) electrons. The van der Waals surface area contributed by atoms with Crippen molar-refractivity contribution >= 4 is 14.1 Å². The van der Waals surface area contributed by atoms with Gasteiger partial charge in [-0.15, -0.1) is 0 Å². The Morgan fingerprint density at radius 1 is 1.30 bits per heavy atom. The fourth-order valence-corrected chi connectivity index (χ4v) is 4.30. The summed E-state index contributed by atoms with van der Waals surface area (Å²) in [4.78, 5) is 43.5. The summed E-state index contributed by atoms with van der Waals surface area (Å²) in [6.45, 7) is 0.179. The number of rotatable bonds is 11.